The van der Waals surface area contributed by atoms with Gasteiger partial charge in [0.05, 0.1) is 0 Å². The molecule has 0 aliphatic rings. The average molecular weight is 311 g/mol. The fourth-order valence-electron chi connectivity index (χ4n) is 2.36. The number of allylic oxidation sites excluding steroid dienone is 4. The Balaban J connectivity index is 3.39. The molecular formula is C20H38O2. The second-order valence-corrected chi connectivity index (χ2v) is 5.65. The lowest BCUT2D eigenvalue weighted by Gasteiger charge is -2.16. The van der Waals surface area contributed by atoms with Crippen molar-refractivity contribution in [1.29, 1.82) is 0 Å². The fourth-order valence-corrected chi connectivity index (χ4v) is 2.36. The molecule has 0 spiro atoms. The van der Waals surface area contributed by atoms with Gasteiger partial charge in [-0.3, -0.25) is 0 Å². The van der Waals surface area contributed by atoms with E-state index < -0.39 is 0 Å². The highest BCUT2D eigenvalue weighted by Crippen LogP contribution is 2.10. The van der Waals surface area contributed by atoms with Crippen LogP contribution in [-0.4, -0.2) is 19.5 Å². The van der Waals surface area contributed by atoms with Crippen molar-refractivity contribution in [2.75, 3.05) is 13.2 Å². The number of hydrogen-bond acceptors (Lipinski definition) is 2. The first kappa shape index (κ1) is 21.4. The second kappa shape index (κ2) is 18.4. The molecule has 0 atom stereocenters. The smallest absolute Gasteiger partial charge is 0.157 e. The van der Waals surface area contributed by atoms with Crippen molar-refractivity contribution in [2.45, 2.75) is 91.3 Å². The Labute approximate surface area is 139 Å². The summed E-state index contributed by atoms with van der Waals surface area (Å²) in [4.78, 5) is 0. The summed E-state index contributed by atoms with van der Waals surface area (Å²) in [6.07, 6.45) is 21.5. The summed E-state index contributed by atoms with van der Waals surface area (Å²) in [5.41, 5.74) is 0. The van der Waals surface area contributed by atoms with Crippen LogP contribution < -0.4 is 0 Å². The number of ether oxygens (including phenoxy) is 2. The van der Waals surface area contributed by atoms with E-state index in [-0.39, 0.29) is 6.29 Å². The Kier molecular flexibility index (Phi) is 17.9. The Morgan fingerprint density at radius 2 is 1.27 bits per heavy atom. The van der Waals surface area contributed by atoms with Gasteiger partial charge in [-0.1, -0.05) is 50.5 Å². The zero-order valence-electron chi connectivity index (χ0n) is 15.2. The molecule has 2 heteroatoms. The minimum atomic E-state index is 0.00314. The SMILES string of the molecule is CCCCC/C=C\C/C=C\CCCCCC(OCC)OCC. The van der Waals surface area contributed by atoms with Crippen LogP contribution in [0.1, 0.15) is 85.0 Å². The van der Waals surface area contributed by atoms with Crippen molar-refractivity contribution in [1.82, 2.24) is 0 Å². The van der Waals surface area contributed by atoms with Gasteiger partial charge in [-0.05, 0) is 58.8 Å². The summed E-state index contributed by atoms with van der Waals surface area (Å²) in [5, 5.41) is 0. The van der Waals surface area contributed by atoms with Gasteiger partial charge in [0, 0.05) is 13.2 Å². The number of unbranched alkanes of at least 4 members (excludes halogenated alkanes) is 6. The van der Waals surface area contributed by atoms with E-state index in [1.54, 1.807) is 0 Å². The maximum absolute atomic E-state index is 5.55. The number of rotatable bonds is 16. The maximum atomic E-state index is 5.55. The molecule has 0 saturated carbocycles. The van der Waals surface area contributed by atoms with Crippen molar-refractivity contribution in [3.63, 3.8) is 0 Å². The molecule has 0 amide bonds. The largest absolute Gasteiger partial charge is 0.353 e. The van der Waals surface area contributed by atoms with Gasteiger partial charge in [0.25, 0.3) is 0 Å². The second-order valence-electron chi connectivity index (χ2n) is 5.65. The predicted octanol–water partition coefficient (Wildman–Crippen LogP) is 6.42. The van der Waals surface area contributed by atoms with E-state index >= 15 is 0 Å². The lowest BCUT2D eigenvalue weighted by Crippen LogP contribution is -2.17. The first-order chi connectivity index (χ1) is 10.8. The summed E-state index contributed by atoms with van der Waals surface area (Å²) >= 11 is 0. The molecule has 0 radical (unpaired) electrons. The molecule has 0 aromatic carbocycles. The number of hydrogen-bond donors (Lipinski definition) is 0. The van der Waals surface area contributed by atoms with Crippen molar-refractivity contribution in [2.24, 2.45) is 0 Å². The van der Waals surface area contributed by atoms with E-state index in [1.165, 1.54) is 51.4 Å². The Bertz CT molecular complexity index is 252. The van der Waals surface area contributed by atoms with Crippen molar-refractivity contribution in [3.05, 3.63) is 24.3 Å². The van der Waals surface area contributed by atoms with Gasteiger partial charge in [0.1, 0.15) is 0 Å². The average Bonchev–Trinajstić information content (AvgIpc) is 2.52. The van der Waals surface area contributed by atoms with Crippen LogP contribution in [0.4, 0.5) is 0 Å². The molecule has 0 bridgehead atoms. The Hall–Kier alpha value is -0.600. The lowest BCUT2D eigenvalue weighted by molar-refractivity contribution is -0.140. The highest BCUT2D eigenvalue weighted by Gasteiger charge is 2.06. The maximum Gasteiger partial charge on any atom is 0.157 e. The van der Waals surface area contributed by atoms with E-state index in [0.29, 0.717) is 0 Å². The topological polar surface area (TPSA) is 18.5 Å². The van der Waals surface area contributed by atoms with Crippen LogP contribution in [0, 0.1) is 0 Å². The van der Waals surface area contributed by atoms with Crippen LogP contribution >= 0.6 is 0 Å². The molecule has 0 aliphatic heterocycles. The van der Waals surface area contributed by atoms with E-state index in [2.05, 4.69) is 31.2 Å². The van der Waals surface area contributed by atoms with Gasteiger partial charge in [-0.25, -0.2) is 0 Å². The summed E-state index contributed by atoms with van der Waals surface area (Å²) < 4.78 is 11.1. The fraction of sp³-hybridized carbons (Fsp3) is 0.800. The predicted molar refractivity (Wildman–Crippen MR) is 97.2 cm³/mol. The molecule has 0 aromatic heterocycles. The van der Waals surface area contributed by atoms with Crippen LogP contribution in [0.25, 0.3) is 0 Å². The Morgan fingerprint density at radius 1 is 0.682 bits per heavy atom. The highest BCUT2D eigenvalue weighted by molar-refractivity contribution is 4.92. The normalized spacial score (nSPS) is 12.2. The molecule has 0 rings (SSSR count). The van der Waals surface area contributed by atoms with Gasteiger partial charge in [0.2, 0.25) is 0 Å². The van der Waals surface area contributed by atoms with E-state index in [4.69, 9.17) is 9.47 Å². The van der Waals surface area contributed by atoms with Crippen LogP contribution in [0.5, 0.6) is 0 Å². The first-order valence-corrected chi connectivity index (χ1v) is 9.38. The van der Waals surface area contributed by atoms with Crippen molar-refractivity contribution >= 4 is 0 Å². The molecule has 0 saturated heterocycles. The summed E-state index contributed by atoms with van der Waals surface area (Å²) in [6.45, 7) is 7.77. The van der Waals surface area contributed by atoms with Gasteiger partial charge < -0.3 is 9.47 Å². The van der Waals surface area contributed by atoms with E-state index in [0.717, 1.165) is 26.1 Å². The standard InChI is InChI=1S/C20H38O2/c1-4-7-8-9-10-11-12-13-14-15-16-17-18-19-20(21-5-2)22-6-3/h10-11,13-14,20H,4-9,12,15-19H2,1-3H3/b11-10-,14-13-. The van der Waals surface area contributed by atoms with Gasteiger partial charge in [-0.15, -0.1) is 0 Å². The van der Waals surface area contributed by atoms with Crippen LogP contribution in [0.3, 0.4) is 0 Å². The summed E-state index contributed by atoms with van der Waals surface area (Å²) in [7, 11) is 0. The van der Waals surface area contributed by atoms with Crippen molar-refractivity contribution < 1.29 is 9.47 Å². The molecular weight excluding hydrogens is 272 g/mol. The molecule has 0 aromatic rings. The molecule has 0 heterocycles. The van der Waals surface area contributed by atoms with Gasteiger partial charge in [-0.2, -0.15) is 0 Å². The zero-order valence-corrected chi connectivity index (χ0v) is 15.2. The molecule has 2 nitrogen and oxygen atoms in total. The quantitative estimate of drug-likeness (QED) is 0.186. The van der Waals surface area contributed by atoms with Crippen molar-refractivity contribution in [3.8, 4) is 0 Å². The molecule has 0 aliphatic carbocycles. The van der Waals surface area contributed by atoms with E-state index in [9.17, 15) is 0 Å². The zero-order chi connectivity index (χ0) is 16.3. The molecule has 0 N–H and O–H groups in total. The first-order valence-electron chi connectivity index (χ1n) is 9.38. The third-order valence-corrected chi connectivity index (χ3v) is 3.60. The molecule has 130 valence electrons. The third kappa shape index (κ3) is 15.8. The van der Waals surface area contributed by atoms with Gasteiger partial charge >= 0.3 is 0 Å². The third-order valence-electron chi connectivity index (χ3n) is 3.60. The van der Waals surface area contributed by atoms with Crippen LogP contribution in [0.2, 0.25) is 0 Å². The molecule has 0 fully saturated rings. The lowest BCUT2D eigenvalue weighted by atomic mass is 10.1. The highest BCUT2D eigenvalue weighted by atomic mass is 16.7. The monoisotopic (exact) mass is 310 g/mol. The van der Waals surface area contributed by atoms with E-state index in [1.807, 2.05) is 13.8 Å². The summed E-state index contributed by atoms with van der Waals surface area (Å²) in [5.74, 6) is 0. The van der Waals surface area contributed by atoms with Crippen LogP contribution in [0.15, 0.2) is 24.3 Å². The summed E-state index contributed by atoms with van der Waals surface area (Å²) in [6, 6.07) is 0. The molecule has 0 unspecified atom stereocenters. The minimum Gasteiger partial charge on any atom is -0.353 e. The molecule has 22 heavy (non-hydrogen) atoms. The Morgan fingerprint density at radius 3 is 1.82 bits per heavy atom. The van der Waals surface area contributed by atoms with Crippen LogP contribution in [-0.2, 0) is 9.47 Å². The van der Waals surface area contributed by atoms with Gasteiger partial charge in [0.15, 0.2) is 6.29 Å². The minimum absolute atomic E-state index is 0.00314.